The molecule has 0 amide bonds. The van der Waals surface area contributed by atoms with Crippen molar-refractivity contribution in [2.24, 2.45) is 0 Å². The lowest BCUT2D eigenvalue weighted by Crippen LogP contribution is -2.39. The summed E-state index contributed by atoms with van der Waals surface area (Å²) in [6, 6.07) is 5.50. The van der Waals surface area contributed by atoms with Crippen LogP contribution in [0.5, 0.6) is 11.5 Å². The van der Waals surface area contributed by atoms with Gasteiger partial charge in [0.15, 0.2) is 11.5 Å². The maximum absolute atomic E-state index is 10.2. The van der Waals surface area contributed by atoms with Crippen molar-refractivity contribution in [2.75, 3.05) is 26.5 Å². The summed E-state index contributed by atoms with van der Waals surface area (Å²) in [5.41, 5.74) is 0.583. The maximum Gasteiger partial charge on any atom is 0.231 e. The van der Waals surface area contributed by atoms with Crippen LogP contribution in [0.2, 0.25) is 0 Å². The molecule has 0 saturated carbocycles. The summed E-state index contributed by atoms with van der Waals surface area (Å²) in [7, 11) is 0. The van der Waals surface area contributed by atoms with Gasteiger partial charge in [0.25, 0.3) is 0 Å². The van der Waals surface area contributed by atoms with Gasteiger partial charge in [0.05, 0.1) is 11.7 Å². The van der Waals surface area contributed by atoms with Gasteiger partial charge in [0, 0.05) is 19.7 Å². The van der Waals surface area contributed by atoms with Crippen LogP contribution in [0.25, 0.3) is 0 Å². The van der Waals surface area contributed by atoms with E-state index in [1.165, 1.54) is 0 Å². The third-order valence-corrected chi connectivity index (χ3v) is 3.20. The predicted octanol–water partition coefficient (Wildman–Crippen LogP) is 1.85. The molecule has 20 heavy (non-hydrogen) atoms. The second-order valence-corrected chi connectivity index (χ2v) is 5.45. The molecule has 0 saturated heterocycles. The summed E-state index contributed by atoms with van der Waals surface area (Å²) in [5, 5.41) is 13.4. The molecule has 0 bridgehead atoms. The van der Waals surface area contributed by atoms with E-state index in [4.69, 9.17) is 14.2 Å². The van der Waals surface area contributed by atoms with E-state index in [1.807, 2.05) is 39.0 Å². The summed E-state index contributed by atoms with van der Waals surface area (Å²) in [6.07, 6.45) is -0.582. The second kappa shape index (κ2) is 6.43. The minimum absolute atomic E-state index is 0.233. The van der Waals surface area contributed by atoms with E-state index in [2.05, 4.69) is 5.32 Å². The van der Waals surface area contributed by atoms with Crippen LogP contribution >= 0.6 is 0 Å². The van der Waals surface area contributed by atoms with Gasteiger partial charge in [-0.05, 0) is 38.5 Å². The molecular weight excluding hydrogens is 258 g/mol. The Bertz CT molecular complexity index is 447. The molecular formula is C15H23NO4. The van der Waals surface area contributed by atoms with Crippen LogP contribution in [-0.4, -0.2) is 37.2 Å². The standard InChI is InChI=1S/C15H23NO4/c1-4-20-15(2,3)9-16-8-12(17)11-5-6-13-14(7-11)19-10-18-13/h5-7,12,16-17H,4,8-10H2,1-3H3. The van der Waals surface area contributed by atoms with E-state index in [9.17, 15) is 5.11 Å². The average Bonchev–Trinajstić information content (AvgIpc) is 2.85. The van der Waals surface area contributed by atoms with Gasteiger partial charge in [-0.25, -0.2) is 0 Å². The Morgan fingerprint density at radius 3 is 2.85 bits per heavy atom. The van der Waals surface area contributed by atoms with Crippen LogP contribution in [0.4, 0.5) is 0 Å². The van der Waals surface area contributed by atoms with Crippen molar-refractivity contribution >= 4 is 0 Å². The molecule has 0 aliphatic carbocycles. The maximum atomic E-state index is 10.2. The molecule has 2 rings (SSSR count). The molecule has 112 valence electrons. The number of aliphatic hydroxyl groups excluding tert-OH is 1. The topological polar surface area (TPSA) is 60.0 Å². The SMILES string of the molecule is CCOC(C)(C)CNCC(O)c1ccc2c(c1)OCO2. The first-order valence-corrected chi connectivity index (χ1v) is 6.94. The number of aliphatic hydroxyl groups is 1. The van der Waals surface area contributed by atoms with Crippen molar-refractivity contribution < 1.29 is 19.3 Å². The minimum atomic E-state index is -0.582. The zero-order valence-electron chi connectivity index (χ0n) is 12.3. The molecule has 0 aromatic heterocycles. The normalized spacial score (nSPS) is 15.4. The van der Waals surface area contributed by atoms with Crippen molar-refractivity contribution in [1.29, 1.82) is 0 Å². The van der Waals surface area contributed by atoms with Gasteiger partial charge in [0.2, 0.25) is 6.79 Å². The highest BCUT2D eigenvalue weighted by Gasteiger charge is 2.19. The van der Waals surface area contributed by atoms with E-state index in [0.717, 1.165) is 11.3 Å². The number of ether oxygens (including phenoxy) is 3. The van der Waals surface area contributed by atoms with E-state index >= 15 is 0 Å². The molecule has 5 nitrogen and oxygen atoms in total. The van der Waals surface area contributed by atoms with E-state index < -0.39 is 6.10 Å². The van der Waals surface area contributed by atoms with Crippen molar-refractivity contribution in [3.63, 3.8) is 0 Å². The summed E-state index contributed by atoms with van der Waals surface area (Å²) in [5.74, 6) is 1.42. The van der Waals surface area contributed by atoms with Gasteiger partial charge < -0.3 is 24.6 Å². The summed E-state index contributed by atoms with van der Waals surface area (Å²) < 4.78 is 16.2. The highest BCUT2D eigenvalue weighted by atomic mass is 16.7. The quantitative estimate of drug-likeness (QED) is 0.799. The third kappa shape index (κ3) is 3.85. The smallest absolute Gasteiger partial charge is 0.231 e. The highest BCUT2D eigenvalue weighted by molar-refractivity contribution is 5.45. The molecule has 0 spiro atoms. The van der Waals surface area contributed by atoms with Crippen molar-refractivity contribution in [1.82, 2.24) is 5.32 Å². The molecule has 0 radical (unpaired) electrons. The number of fused-ring (bicyclic) bond motifs is 1. The molecule has 1 atom stereocenters. The monoisotopic (exact) mass is 281 g/mol. The molecule has 2 N–H and O–H groups in total. The fourth-order valence-electron chi connectivity index (χ4n) is 2.19. The molecule has 5 heteroatoms. The number of benzene rings is 1. The Morgan fingerprint density at radius 1 is 1.35 bits per heavy atom. The molecule has 1 unspecified atom stereocenters. The molecule has 1 aliphatic heterocycles. The molecule has 1 aromatic carbocycles. The Labute approximate surface area is 119 Å². The lowest BCUT2D eigenvalue weighted by molar-refractivity contribution is -0.0104. The van der Waals surface area contributed by atoms with Gasteiger partial charge in [-0.3, -0.25) is 0 Å². The van der Waals surface area contributed by atoms with Crippen LogP contribution in [0.3, 0.4) is 0 Å². The Balaban J connectivity index is 1.84. The van der Waals surface area contributed by atoms with Gasteiger partial charge in [0.1, 0.15) is 0 Å². The van der Waals surface area contributed by atoms with Crippen LogP contribution in [0, 0.1) is 0 Å². The van der Waals surface area contributed by atoms with Crippen LogP contribution in [-0.2, 0) is 4.74 Å². The molecule has 0 fully saturated rings. The average molecular weight is 281 g/mol. The predicted molar refractivity (Wildman–Crippen MR) is 76.1 cm³/mol. The molecule has 1 aliphatic rings. The van der Waals surface area contributed by atoms with Crippen molar-refractivity contribution in [3.05, 3.63) is 23.8 Å². The number of rotatable bonds is 7. The van der Waals surface area contributed by atoms with Crippen LogP contribution in [0.1, 0.15) is 32.4 Å². The van der Waals surface area contributed by atoms with Gasteiger partial charge in [-0.2, -0.15) is 0 Å². The zero-order valence-corrected chi connectivity index (χ0v) is 12.3. The largest absolute Gasteiger partial charge is 0.454 e. The first-order valence-electron chi connectivity index (χ1n) is 6.94. The van der Waals surface area contributed by atoms with Gasteiger partial charge in [-0.15, -0.1) is 0 Å². The van der Waals surface area contributed by atoms with Gasteiger partial charge in [-0.1, -0.05) is 6.07 Å². The summed E-state index contributed by atoms with van der Waals surface area (Å²) in [6.45, 7) is 8.10. The zero-order chi connectivity index (χ0) is 14.6. The first-order chi connectivity index (χ1) is 9.52. The third-order valence-electron chi connectivity index (χ3n) is 3.20. The number of hydrogen-bond acceptors (Lipinski definition) is 5. The highest BCUT2D eigenvalue weighted by Crippen LogP contribution is 2.34. The minimum Gasteiger partial charge on any atom is -0.454 e. The van der Waals surface area contributed by atoms with E-state index in [-0.39, 0.29) is 12.4 Å². The van der Waals surface area contributed by atoms with Gasteiger partial charge >= 0.3 is 0 Å². The number of nitrogens with one attached hydrogen (secondary N) is 1. The molecule has 1 heterocycles. The van der Waals surface area contributed by atoms with Crippen LogP contribution < -0.4 is 14.8 Å². The summed E-state index contributed by atoms with van der Waals surface area (Å²) in [4.78, 5) is 0. The summed E-state index contributed by atoms with van der Waals surface area (Å²) >= 11 is 0. The van der Waals surface area contributed by atoms with E-state index in [1.54, 1.807) is 0 Å². The number of hydrogen-bond donors (Lipinski definition) is 2. The van der Waals surface area contributed by atoms with E-state index in [0.29, 0.717) is 25.4 Å². The molecule has 1 aromatic rings. The Kier molecular flexibility index (Phi) is 4.86. The lowest BCUT2D eigenvalue weighted by Gasteiger charge is -2.25. The second-order valence-electron chi connectivity index (χ2n) is 5.45. The Hall–Kier alpha value is -1.30. The van der Waals surface area contributed by atoms with Crippen LogP contribution in [0.15, 0.2) is 18.2 Å². The van der Waals surface area contributed by atoms with Crippen molar-refractivity contribution in [3.8, 4) is 11.5 Å². The fraction of sp³-hybridized carbons (Fsp3) is 0.600. The Morgan fingerprint density at radius 2 is 2.10 bits per heavy atom. The first kappa shape index (κ1) is 15.1. The lowest BCUT2D eigenvalue weighted by atomic mass is 10.1. The fourth-order valence-corrected chi connectivity index (χ4v) is 2.19. The van der Waals surface area contributed by atoms with Crippen molar-refractivity contribution in [2.45, 2.75) is 32.5 Å².